The van der Waals surface area contributed by atoms with Crippen molar-refractivity contribution in [2.24, 2.45) is 0 Å². The Hall–Kier alpha value is -1.56. The molecule has 2 rings (SSSR count). The Bertz CT molecular complexity index is 447. The average molecular weight is 296 g/mol. The van der Waals surface area contributed by atoms with Crippen LogP contribution >= 0.6 is 11.3 Å². The molecule has 1 aliphatic rings. The fourth-order valence-electron chi connectivity index (χ4n) is 2.45. The third kappa shape index (κ3) is 3.72. The van der Waals surface area contributed by atoms with Gasteiger partial charge in [0.25, 0.3) is 0 Å². The summed E-state index contributed by atoms with van der Waals surface area (Å²) in [7, 11) is 1.31. The summed E-state index contributed by atoms with van der Waals surface area (Å²) >= 11 is 1.68. The van der Waals surface area contributed by atoms with E-state index in [-0.39, 0.29) is 18.6 Å². The molecule has 1 atom stereocenters. The van der Waals surface area contributed by atoms with E-state index in [1.807, 2.05) is 16.3 Å². The highest BCUT2D eigenvalue weighted by Crippen LogP contribution is 2.32. The number of nitrogens with zero attached hydrogens (tertiary/aromatic N) is 1. The Morgan fingerprint density at radius 2 is 2.30 bits per heavy atom. The van der Waals surface area contributed by atoms with Gasteiger partial charge >= 0.3 is 12.0 Å². The van der Waals surface area contributed by atoms with E-state index in [0.29, 0.717) is 0 Å². The topological polar surface area (TPSA) is 58.6 Å². The summed E-state index contributed by atoms with van der Waals surface area (Å²) in [6.45, 7) is 0.651. The number of likely N-dealkylation sites (tertiary alicyclic amines) is 1. The zero-order valence-corrected chi connectivity index (χ0v) is 12.4. The molecule has 20 heavy (non-hydrogen) atoms. The van der Waals surface area contributed by atoms with Gasteiger partial charge in [-0.3, -0.25) is 4.79 Å². The molecule has 110 valence electrons. The summed E-state index contributed by atoms with van der Waals surface area (Å²) in [5, 5.41) is 4.67. The number of methoxy groups -OCH3 is 1. The number of esters is 1. The van der Waals surface area contributed by atoms with Gasteiger partial charge in [-0.1, -0.05) is 18.9 Å². The maximum atomic E-state index is 12.3. The van der Waals surface area contributed by atoms with Gasteiger partial charge in [0, 0.05) is 11.4 Å². The first-order chi connectivity index (χ1) is 9.72. The number of hydrogen-bond donors (Lipinski definition) is 1. The van der Waals surface area contributed by atoms with Gasteiger partial charge in [0.1, 0.15) is 6.54 Å². The Balaban J connectivity index is 2.04. The number of nitrogens with one attached hydrogen (secondary N) is 1. The molecule has 1 saturated heterocycles. The second kappa shape index (κ2) is 7.28. The summed E-state index contributed by atoms with van der Waals surface area (Å²) in [4.78, 5) is 26.5. The number of amides is 2. The van der Waals surface area contributed by atoms with Crippen LogP contribution in [0.5, 0.6) is 0 Å². The van der Waals surface area contributed by atoms with Crippen molar-refractivity contribution in [3.63, 3.8) is 0 Å². The number of carbonyl (C=O) groups is 2. The van der Waals surface area contributed by atoms with Gasteiger partial charge in [0.05, 0.1) is 13.2 Å². The molecule has 1 aromatic rings. The molecule has 0 saturated carbocycles. The van der Waals surface area contributed by atoms with E-state index in [4.69, 9.17) is 0 Å². The molecule has 0 bridgehead atoms. The van der Waals surface area contributed by atoms with Crippen molar-refractivity contribution in [1.29, 1.82) is 0 Å². The average Bonchev–Trinajstić information content (AvgIpc) is 2.88. The molecule has 0 radical (unpaired) electrons. The normalized spacial score (nSPS) is 19.2. The lowest BCUT2D eigenvalue weighted by atomic mass is 10.1. The molecular weight excluding hydrogens is 276 g/mol. The van der Waals surface area contributed by atoms with Crippen molar-refractivity contribution >= 4 is 23.3 Å². The number of rotatable bonds is 3. The number of ether oxygens (including phenoxy) is 1. The van der Waals surface area contributed by atoms with Gasteiger partial charge in [-0.25, -0.2) is 4.79 Å². The largest absolute Gasteiger partial charge is 0.468 e. The van der Waals surface area contributed by atoms with Gasteiger partial charge in [-0.15, -0.1) is 11.3 Å². The Labute approximate surface area is 122 Å². The Morgan fingerprint density at radius 3 is 3.00 bits per heavy atom. The molecule has 0 aromatic carbocycles. The van der Waals surface area contributed by atoms with Gasteiger partial charge in [-0.05, 0) is 24.3 Å². The number of thiophene rings is 1. The van der Waals surface area contributed by atoms with E-state index in [1.54, 1.807) is 11.3 Å². The first-order valence-electron chi connectivity index (χ1n) is 6.87. The van der Waals surface area contributed by atoms with E-state index >= 15 is 0 Å². The minimum absolute atomic E-state index is 0.0804. The smallest absolute Gasteiger partial charge is 0.325 e. The van der Waals surface area contributed by atoms with Crippen LogP contribution in [0.3, 0.4) is 0 Å². The SMILES string of the molecule is COC(=O)CNC(=O)N1CCCCC[C@@H]1c1cccs1. The molecule has 0 spiro atoms. The maximum absolute atomic E-state index is 12.3. The number of urea groups is 1. The van der Waals surface area contributed by atoms with Crippen LogP contribution in [0.2, 0.25) is 0 Å². The van der Waals surface area contributed by atoms with E-state index in [1.165, 1.54) is 12.0 Å². The molecule has 2 amide bonds. The molecule has 1 N–H and O–H groups in total. The summed E-state index contributed by atoms with van der Waals surface area (Å²) in [5.41, 5.74) is 0. The first kappa shape index (κ1) is 14.8. The number of carbonyl (C=O) groups excluding carboxylic acids is 2. The molecule has 1 fully saturated rings. The summed E-state index contributed by atoms with van der Waals surface area (Å²) in [5.74, 6) is -0.430. The van der Waals surface area contributed by atoms with Gasteiger partial charge in [-0.2, -0.15) is 0 Å². The highest BCUT2D eigenvalue weighted by Gasteiger charge is 2.27. The third-order valence-corrected chi connectivity index (χ3v) is 4.47. The Kier molecular flexibility index (Phi) is 5.40. The lowest BCUT2D eigenvalue weighted by Crippen LogP contribution is -2.43. The molecule has 6 heteroatoms. The van der Waals surface area contributed by atoms with E-state index < -0.39 is 5.97 Å². The van der Waals surface area contributed by atoms with Crippen LogP contribution < -0.4 is 5.32 Å². The fraction of sp³-hybridized carbons (Fsp3) is 0.571. The second-order valence-corrected chi connectivity index (χ2v) is 5.79. The van der Waals surface area contributed by atoms with Crippen LogP contribution in [-0.2, 0) is 9.53 Å². The maximum Gasteiger partial charge on any atom is 0.325 e. The third-order valence-electron chi connectivity index (χ3n) is 3.50. The second-order valence-electron chi connectivity index (χ2n) is 4.81. The van der Waals surface area contributed by atoms with E-state index in [9.17, 15) is 9.59 Å². The van der Waals surface area contributed by atoms with Gasteiger partial charge in [0.2, 0.25) is 0 Å². The zero-order valence-electron chi connectivity index (χ0n) is 11.6. The zero-order chi connectivity index (χ0) is 14.4. The molecule has 2 heterocycles. The fourth-order valence-corrected chi connectivity index (χ4v) is 3.32. The van der Waals surface area contributed by atoms with Crippen molar-refractivity contribution in [3.05, 3.63) is 22.4 Å². The van der Waals surface area contributed by atoms with Crippen molar-refractivity contribution in [3.8, 4) is 0 Å². The lowest BCUT2D eigenvalue weighted by Gasteiger charge is -2.29. The minimum atomic E-state index is -0.430. The molecular formula is C14H20N2O3S. The molecule has 5 nitrogen and oxygen atoms in total. The highest BCUT2D eigenvalue weighted by molar-refractivity contribution is 7.10. The van der Waals surface area contributed by atoms with E-state index in [0.717, 1.165) is 32.2 Å². The first-order valence-corrected chi connectivity index (χ1v) is 7.75. The van der Waals surface area contributed by atoms with Crippen LogP contribution in [0.1, 0.15) is 36.6 Å². The quantitative estimate of drug-likeness (QED) is 0.872. The van der Waals surface area contributed by atoms with Crippen LogP contribution in [0.25, 0.3) is 0 Å². The van der Waals surface area contributed by atoms with Crippen LogP contribution in [0, 0.1) is 0 Å². The van der Waals surface area contributed by atoms with Crippen molar-refractivity contribution in [1.82, 2.24) is 10.2 Å². The highest BCUT2D eigenvalue weighted by atomic mass is 32.1. The van der Waals surface area contributed by atoms with Crippen LogP contribution in [0.15, 0.2) is 17.5 Å². The van der Waals surface area contributed by atoms with Gasteiger partial charge < -0.3 is 15.0 Å². The van der Waals surface area contributed by atoms with Crippen molar-refractivity contribution in [2.75, 3.05) is 20.2 Å². The van der Waals surface area contributed by atoms with Crippen LogP contribution in [0.4, 0.5) is 4.79 Å². The van der Waals surface area contributed by atoms with Gasteiger partial charge in [0.15, 0.2) is 0 Å². The standard InChI is InChI=1S/C14H20N2O3S/c1-19-13(17)10-15-14(18)16-8-4-2-3-6-11(16)12-7-5-9-20-12/h5,7,9,11H,2-4,6,8,10H2,1H3,(H,15,18)/t11-/m1/s1. The monoisotopic (exact) mass is 296 g/mol. The minimum Gasteiger partial charge on any atom is -0.468 e. The number of hydrogen-bond acceptors (Lipinski definition) is 4. The predicted molar refractivity (Wildman–Crippen MR) is 77.6 cm³/mol. The molecule has 0 aliphatic carbocycles. The van der Waals surface area contributed by atoms with Crippen molar-refractivity contribution < 1.29 is 14.3 Å². The molecule has 0 unspecified atom stereocenters. The molecule has 1 aliphatic heterocycles. The summed E-state index contributed by atoms with van der Waals surface area (Å²) < 4.78 is 4.54. The summed E-state index contributed by atoms with van der Waals surface area (Å²) in [6, 6.07) is 4.02. The van der Waals surface area contributed by atoms with E-state index in [2.05, 4.69) is 16.1 Å². The van der Waals surface area contributed by atoms with Crippen LogP contribution in [-0.4, -0.2) is 37.1 Å². The summed E-state index contributed by atoms with van der Waals surface area (Å²) in [6.07, 6.45) is 4.26. The Morgan fingerprint density at radius 1 is 1.45 bits per heavy atom. The lowest BCUT2D eigenvalue weighted by molar-refractivity contribution is -0.139. The van der Waals surface area contributed by atoms with Crippen molar-refractivity contribution in [2.45, 2.75) is 31.7 Å². The molecule has 1 aromatic heterocycles. The predicted octanol–water partition coefficient (Wildman–Crippen LogP) is 2.55.